The Kier molecular flexibility index (Phi) is 6.94. The zero-order valence-corrected chi connectivity index (χ0v) is 29.0. The Hall–Kier alpha value is -6.38. The van der Waals surface area contributed by atoms with Crippen LogP contribution in [0.2, 0.25) is 0 Å². The molecular weight excluding hydrogens is 629 g/mol. The van der Waals surface area contributed by atoms with Crippen LogP contribution in [0.5, 0.6) is 0 Å². The van der Waals surface area contributed by atoms with Gasteiger partial charge in [0.2, 0.25) is 0 Å². The largest absolute Gasteiger partial charge is 0.231 e. The summed E-state index contributed by atoms with van der Waals surface area (Å²) in [6.45, 7) is 2.42. The van der Waals surface area contributed by atoms with Gasteiger partial charge in [0.15, 0.2) is 0 Å². The molecular formula is C50H36N2. The topological polar surface area (TPSA) is 25.8 Å². The van der Waals surface area contributed by atoms with E-state index in [1.807, 2.05) is 0 Å². The maximum atomic E-state index is 5.69. The predicted molar refractivity (Wildman–Crippen MR) is 212 cm³/mol. The average molecular weight is 665 g/mol. The molecule has 3 aliphatic carbocycles. The fraction of sp³-hybridized carbons (Fsp3) is 0.0800. The second-order valence-corrected chi connectivity index (χ2v) is 14.4. The normalized spacial score (nSPS) is 18.2. The van der Waals surface area contributed by atoms with E-state index in [2.05, 4.69) is 195 Å². The minimum Gasteiger partial charge on any atom is -0.231 e. The minimum absolute atomic E-state index is 0.197. The lowest BCUT2D eigenvalue weighted by molar-refractivity contribution is 0.532. The van der Waals surface area contributed by atoms with Gasteiger partial charge in [-0.15, -0.1) is 0 Å². The van der Waals surface area contributed by atoms with E-state index in [4.69, 9.17) is 9.97 Å². The van der Waals surface area contributed by atoms with Crippen LogP contribution in [0.25, 0.3) is 44.8 Å². The van der Waals surface area contributed by atoms with Crippen molar-refractivity contribution in [3.63, 3.8) is 0 Å². The maximum absolute atomic E-state index is 5.69. The van der Waals surface area contributed by atoms with Crippen LogP contribution < -0.4 is 0 Å². The van der Waals surface area contributed by atoms with Gasteiger partial charge in [-0.2, -0.15) is 0 Å². The molecule has 2 heteroatoms. The van der Waals surface area contributed by atoms with Crippen molar-refractivity contribution in [3.05, 3.63) is 227 Å². The van der Waals surface area contributed by atoms with Gasteiger partial charge in [0.25, 0.3) is 0 Å². The lowest BCUT2D eigenvalue weighted by atomic mass is 9.58. The van der Waals surface area contributed by atoms with Gasteiger partial charge in [-0.25, -0.2) is 9.97 Å². The monoisotopic (exact) mass is 664 g/mol. The van der Waals surface area contributed by atoms with Crippen molar-refractivity contribution in [2.24, 2.45) is 0 Å². The molecule has 11 rings (SSSR count). The van der Waals surface area contributed by atoms with Crippen molar-refractivity contribution in [2.45, 2.75) is 24.2 Å². The molecule has 0 aliphatic heterocycles. The summed E-state index contributed by atoms with van der Waals surface area (Å²) in [7, 11) is 0. The molecule has 0 atom stereocenters. The lowest BCUT2D eigenvalue weighted by Gasteiger charge is -2.45. The highest BCUT2D eigenvalue weighted by Gasteiger charge is 2.55. The number of hydrogen-bond donors (Lipinski definition) is 0. The Labute approximate surface area is 305 Å². The van der Waals surface area contributed by atoms with Gasteiger partial charge in [0, 0.05) is 16.5 Å². The van der Waals surface area contributed by atoms with Crippen LogP contribution in [-0.4, -0.2) is 9.97 Å². The van der Waals surface area contributed by atoms with E-state index in [-0.39, 0.29) is 5.41 Å². The molecule has 8 aromatic rings. The highest BCUT2D eigenvalue weighted by atomic mass is 14.9. The summed E-state index contributed by atoms with van der Waals surface area (Å²) in [4.78, 5) is 11.4. The van der Waals surface area contributed by atoms with Crippen molar-refractivity contribution in [1.82, 2.24) is 9.97 Å². The molecule has 3 aliphatic rings. The molecule has 1 heterocycles. The van der Waals surface area contributed by atoms with Crippen LogP contribution in [-0.2, 0) is 17.3 Å². The average Bonchev–Trinajstić information content (AvgIpc) is 3.39. The molecule has 0 N–H and O–H groups in total. The molecule has 2 bridgehead atoms. The summed E-state index contributed by atoms with van der Waals surface area (Å²) in [6.07, 6.45) is 0.906. The molecule has 0 radical (unpaired) electrons. The van der Waals surface area contributed by atoms with Crippen molar-refractivity contribution in [3.8, 4) is 44.8 Å². The van der Waals surface area contributed by atoms with Crippen LogP contribution in [0.4, 0.5) is 0 Å². The fourth-order valence-corrected chi connectivity index (χ4v) is 9.02. The summed E-state index contributed by atoms with van der Waals surface area (Å²) in [5, 5.41) is 0. The number of nitrogens with zero attached hydrogens (tertiary/aromatic N) is 2. The SMILES string of the molecule is CC12Cc3ccccc3C(c3nc(-c4cccc(-c5ccccc5)c4)cc(-c4cccc(-c5ccccc5)c4)n3)(c3ccccc31)c1ccccc12. The Morgan fingerprint density at radius 3 is 1.29 bits per heavy atom. The molecule has 0 fully saturated rings. The first-order valence-electron chi connectivity index (χ1n) is 18.1. The summed E-state index contributed by atoms with van der Waals surface area (Å²) in [5.41, 5.74) is 15.5. The van der Waals surface area contributed by atoms with E-state index >= 15 is 0 Å². The van der Waals surface area contributed by atoms with E-state index in [9.17, 15) is 0 Å². The highest BCUT2D eigenvalue weighted by molar-refractivity contribution is 5.78. The summed E-state index contributed by atoms with van der Waals surface area (Å²) < 4.78 is 0. The number of benzene rings is 7. The van der Waals surface area contributed by atoms with Crippen LogP contribution in [0.15, 0.2) is 188 Å². The van der Waals surface area contributed by atoms with Crippen LogP contribution >= 0.6 is 0 Å². The zero-order valence-electron chi connectivity index (χ0n) is 29.0. The molecule has 52 heavy (non-hydrogen) atoms. The van der Waals surface area contributed by atoms with Gasteiger partial charge in [0.05, 0.1) is 11.4 Å². The molecule has 0 unspecified atom stereocenters. The Morgan fingerprint density at radius 1 is 0.365 bits per heavy atom. The molecule has 1 aromatic heterocycles. The first-order valence-corrected chi connectivity index (χ1v) is 18.1. The minimum atomic E-state index is -0.724. The first kappa shape index (κ1) is 30.4. The van der Waals surface area contributed by atoms with Gasteiger partial charge in [-0.1, -0.05) is 177 Å². The Balaban J connectivity index is 1.30. The molecule has 7 aromatic carbocycles. The Bertz CT molecular complexity index is 2470. The molecule has 0 amide bonds. The maximum Gasteiger partial charge on any atom is 0.149 e. The highest BCUT2D eigenvalue weighted by Crippen LogP contribution is 2.59. The summed E-state index contributed by atoms with van der Waals surface area (Å²) in [6, 6.07) is 68.0. The number of aromatic nitrogens is 2. The molecule has 0 saturated carbocycles. The van der Waals surface area contributed by atoms with Gasteiger partial charge >= 0.3 is 0 Å². The third-order valence-corrected chi connectivity index (χ3v) is 11.4. The Morgan fingerprint density at radius 2 is 0.769 bits per heavy atom. The first-order chi connectivity index (χ1) is 25.6. The van der Waals surface area contributed by atoms with Gasteiger partial charge in [-0.05, 0) is 80.3 Å². The number of rotatable bonds is 5. The van der Waals surface area contributed by atoms with E-state index in [1.165, 1.54) is 44.5 Å². The lowest BCUT2D eigenvalue weighted by Crippen LogP contribution is -2.42. The second-order valence-electron chi connectivity index (χ2n) is 14.4. The second kappa shape index (κ2) is 11.9. The van der Waals surface area contributed by atoms with Crippen LogP contribution in [0, 0.1) is 0 Å². The number of hydrogen-bond acceptors (Lipinski definition) is 2. The molecule has 0 saturated heterocycles. The van der Waals surface area contributed by atoms with E-state index in [0.29, 0.717) is 0 Å². The standard InChI is InChI=1S/C50H36N2/c1-49-33-40-20-8-9-25-41(40)50(44-28-12-10-26-42(44)49,45-29-13-11-27-43(45)49)48-51-46(38-23-14-21-36(30-38)34-16-4-2-5-17-34)32-47(52-48)39-24-15-22-37(31-39)35-18-6-3-7-19-35/h2-32H,33H2,1H3. The third-order valence-electron chi connectivity index (χ3n) is 11.4. The summed E-state index contributed by atoms with van der Waals surface area (Å²) >= 11 is 0. The zero-order chi connectivity index (χ0) is 34.7. The van der Waals surface area contributed by atoms with Gasteiger partial charge in [-0.3, -0.25) is 0 Å². The van der Waals surface area contributed by atoms with E-state index in [0.717, 1.165) is 45.9 Å². The quantitative estimate of drug-likeness (QED) is 0.183. The molecule has 0 spiro atoms. The molecule has 246 valence electrons. The third kappa shape index (κ3) is 4.57. The van der Waals surface area contributed by atoms with Gasteiger partial charge < -0.3 is 0 Å². The van der Waals surface area contributed by atoms with Crippen molar-refractivity contribution < 1.29 is 0 Å². The van der Waals surface area contributed by atoms with Crippen molar-refractivity contribution in [1.29, 1.82) is 0 Å². The summed E-state index contributed by atoms with van der Waals surface area (Å²) in [5.74, 6) is 0.798. The van der Waals surface area contributed by atoms with Crippen molar-refractivity contribution >= 4 is 0 Å². The smallest absolute Gasteiger partial charge is 0.149 e. The van der Waals surface area contributed by atoms with Crippen LogP contribution in [0.3, 0.4) is 0 Å². The van der Waals surface area contributed by atoms with E-state index < -0.39 is 5.41 Å². The van der Waals surface area contributed by atoms with Crippen LogP contribution in [0.1, 0.15) is 46.1 Å². The van der Waals surface area contributed by atoms with E-state index in [1.54, 1.807) is 0 Å². The van der Waals surface area contributed by atoms with Gasteiger partial charge in [0.1, 0.15) is 11.2 Å². The fourth-order valence-electron chi connectivity index (χ4n) is 9.02. The molecule has 2 nitrogen and oxygen atoms in total. The predicted octanol–water partition coefficient (Wildman–Crippen LogP) is 11.7. The van der Waals surface area contributed by atoms with Crippen molar-refractivity contribution in [2.75, 3.05) is 0 Å².